The second-order valence-corrected chi connectivity index (χ2v) is 8.48. The Hall–Kier alpha value is -1.90. The molecule has 0 amide bonds. The molecule has 0 spiro atoms. The van der Waals surface area contributed by atoms with Crippen molar-refractivity contribution in [3.63, 3.8) is 0 Å². The topological polar surface area (TPSA) is 43.4 Å². The first kappa shape index (κ1) is 18.4. The third kappa shape index (κ3) is 5.33. The van der Waals surface area contributed by atoms with Crippen molar-refractivity contribution < 1.29 is 14.3 Å². The SMILES string of the molecule is CC1(C)CC(=O)C=C(C(Cc2ccccc2)C(=O)OC(C)(C)C)C1. The number of benzene rings is 1. The Kier molecular flexibility index (Phi) is 5.32. The molecular weight excluding hydrogens is 300 g/mol. The van der Waals surface area contributed by atoms with Crippen molar-refractivity contribution in [2.45, 2.75) is 59.5 Å². The summed E-state index contributed by atoms with van der Waals surface area (Å²) in [6, 6.07) is 9.90. The van der Waals surface area contributed by atoms with E-state index in [9.17, 15) is 9.59 Å². The van der Waals surface area contributed by atoms with E-state index in [1.54, 1.807) is 6.08 Å². The maximum atomic E-state index is 12.8. The lowest BCUT2D eigenvalue weighted by Gasteiger charge is -2.33. The van der Waals surface area contributed by atoms with E-state index in [2.05, 4.69) is 13.8 Å². The van der Waals surface area contributed by atoms with Crippen molar-refractivity contribution >= 4 is 11.8 Å². The highest BCUT2D eigenvalue weighted by atomic mass is 16.6. The van der Waals surface area contributed by atoms with Gasteiger partial charge in [0.1, 0.15) is 5.60 Å². The molecule has 0 aromatic heterocycles. The van der Waals surface area contributed by atoms with E-state index in [0.29, 0.717) is 12.8 Å². The first-order valence-electron chi connectivity index (χ1n) is 8.56. The van der Waals surface area contributed by atoms with Gasteiger partial charge in [0.15, 0.2) is 5.78 Å². The fraction of sp³-hybridized carbons (Fsp3) is 0.524. The lowest BCUT2D eigenvalue weighted by molar-refractivity contribution is -0.158. The first-order valence-corrected chi connectivity index (χ1v) is 8.56. The first-order chi connectivity index (χ1) is 11.1. The monoisotopic (exact) mass is 328 g/mol. The van der Waals surface area contributed by atoms with Crippen molar-refractivity contribution in [2.24, 2.45) is 11.3 Å². The molecule has 1 aliphatic rings. The standard InChI is InChI=1S/C21H28O3/c1-20(2,3)24-19(23)18(11-15-9-7-6-8-10-15)16-12-17(22)14-21(4,5)13-16/h6-10,12,18H,11,13-14H2,1-5H3. The molecule has 3 heteroatoms. The highest BCUT2D eigenvalue weighted by Crippen LogP contribution is 2.38. The average molecular weight is 328 g/mol. The highest BCUT2D eigenvalue weighted by Gasteiger charge is 2.35. The maximum Gasteiger partial charge on any atom is 0.313 e. The maximum absolute atomic E-state index is 12.8. The summed E-state index contributed by atoms with van der Waals surface area (Å²) in [5.41, 5.74) is 1.32. The van der Waals surface area contributed by atoms with Gasteiger partial charge in [-0.15, -0.1) is 0 Å². The Morgan fingerprint density at radius 1 is 1.17 bits per heavy atom. The lowest BCUT2D eigenvalue weighted by Crippen LogP contribution is -2.33. The number of esters is 1. The van der Waals surface area contributed by atoms with E-state index >= 15 is 0 Å². The zero-order valence-corrected chi connectivity index (χ0v) is 15.4. The third-order valence-electron chi connectivity index (χ3n) is 4.10. The number of ether oxygens (including phenoxy) is 1. The summed E-state index contributed by atoms with van der Waals surface area (Å²) >= 11 is 0. The Balaban J connectivity index is 2.32. The number of hydrogen-bond acceptors (Lipinski definition) is 3. The van der Waals surface area contributed by atoms with Crippen molar-refractivity contribution in [3.05, 3.63) is 47.5 Å². The quantitative estimate of drug-likeness (QED) is 0.764. The summed E-state index contributed by atoms with van der Waals surface area (Å²) in [4.78, 5) is 24.9. The fourth-order valence-electron chi connectivity index (χ4n) is 3.21. The Morgan fingerprint density at radius 2 is 1.79 bits per heavy atom. The van der Waals surface area contributed by atoms with Crippen LogP contribution in [0.3, 0.4) is 0 Å². The van der Waals surface area contributed by atoms with Gasteiger partial charge in [-0.2, -0.15) is 0 Å². The van der Waals surface area contributed by atoms with E-state index < -0.39 is 11.5 Å². The molecule has 0 bridgehead atoms. The molecule has 0 saturated carbocycles. The van der Waals surface area contributed by atoms with Crippen molar-refractivity contribution in [2.75, 3.05) is 0 Å². The molecule has 0 aliphatic heterocycles. The molecule has 0 radical (unpaired) electrons. The summed E-state index contributed by atoms with van der Waals surface area (Å²) in [6.07, 6.45) is 3.51. The summed E-state index contributed by atoms with van der Waals surface area (Å²) < 4.78 is 5.64. The zero-order chi connectivity index (χ0) is 18.0. The number of rotatable bonds is 4. The van der Waals surface area contributed by atoms with Gasteiger partial charge in [-0.1, -0.05) is 49.8 Å². The van der Waals surface area contributed by atoms with Crippen molar-refractivity contribution in [1.82, 2.24) is 0 Å². The fourth-order valence-corrected chi connectivity index (χ4v) is 3.21. The molecule has 0 heterocycles. The molecule has 1 aliphatic carbocycles. The molecule has 3 nitrogen and oxygen atoms in total. The minimum Gasteiger partial charge on any atom is -0.459 e. The van der Waals surface area contributed by atoms with Crippen molar-refractivity contribution in [3.8, 4) is 0 Å². The van der Waals surface area contributed by atoms with Gasteiger partial charge < -0.3 is 4.74 Å². The second-order valence-electron chi connectivity index (χ2n) is 8.48. The van der Waals surface area contributed by atoms with Crippen LogP contribution in [0.2, 0.25) is 0 Å². The summed E-state index contributed by atoms with van der Waals surface area (Å²) in [5, 5.41) is 0. The van der Waals surface area contributed by atoms with Crippen LogP contribution in [0, 0.1) is 11.3 Å². The smallest absolute Gasteiger partial charge is 0.313 e. The third-order valence-corrected chi connectivity index (χ3v) is 4.10. The molecular formula is C21H28O3. The van der Waals surface area contributed by atoms with Gasteiger partial charge >= 0.3 is 5.97 Å². The van der Waals surface area contributed by atoms with Crippen LogP contribution in [-0.2, 0) is 20.7 Å². The number of hydrogen-bond donors (Lipinski definition) is 0. The second kappa shape index (κ2) is 6.92. The predicted octanol–water partition coefficient (Wildman–Crippen LogP) is 4.50. The molecule has 1 unspecified atom stereocenters. The van der Waals surface area contributed by atoms with E-state index in [4.69, 9.17) is 4.74 Å². The van der Waals surface area contributed by atoms with Gasteiger partial charge in [-0.3, -0.25) is 9.59 Å². The Morgan fingerprint density at radius 3 is 2.33 bits per heavy atom. The largest absolute Gasteiger partial charge is 0.459 e. The minimum atomic E-state index is -0.541. The molecule has 130 valence electrons. The molecule has 2 rings (SSSR count). The summed E-state index contributed by atoms with van der Waals surface area (Å²) in [5.74, 6) is -0.555. The Bertz CT molecular complexity index is 633. The average Bonchev–Trinajstić information content (AvgIpc) is 2.41. The van der Waals surface area contributed by atoms with Gasteiger partial charge in [-0.25, -0.2) is 0 Å². The van der Waals surface area contributed by atoms with Crippen LogP contribution in [0.1, 0.15) is 53.0 Å². The molecule has 1 aromatic carbocycles. The number of carbonyl (C=O) groups excluding carboxylic acids is 2. The zero-order valence-electron chi connectivity index (χ0n) is 15.4. The van der Waals surface area contributed by atoms with Gasteiger partial charge in [0.2, 0.25) is 0 Å². The van der Waals surface area contributed by atoms with Gasteiger partial charge in [0, 0.05) is 6.42 Å². The van der Waals surface area contributed by atoms with Gasteiger partial charge in [0.05, 0.1) is 5.92 Å². The summed E-state index contributed by atoms with van der Waals surface area (Å²) in [6.45, 7) is 9.76. The normalized spacial score (nSPS) is 18.7. The number of ketones is 1. The number of allylic oxidation sites excluding steroid dienone is 1. The van der Waals surface area contributed by atoms with E-state index in [1.807, 2.05) is 51.1 Å². The molecule has 0 fully saturated rings. The van der Waals surface area contributed by atoms with Crippen LogP contribution in [0.15, 0.2) is 42.0 Å². The molecule has 0 N–H and O–H groups in total. The van der Waals surface area contributed by atoms with Crippen LogP contribution in [0.5, 0.6) is 0 Å². The van der Waals surface area contributed by atoms with Crippen molar-refractivity contribution in [1.29, 1.82) is 0 Å². The Labute approximate surface area is 145 Å². The predicted molar refractivity (Wildman–Crippen MR) is 95.6 cm³/mol. The number of carbonyl (C=O) groups is 2. The van der Waals surface area contributed by atoms with Gasteiger partial charge in [0.25, 0.3) is 0 Å². The molecule has 24 heavy (non-hydrogen) atoms. The minimum absolute atomic E-state index is 0.0999. The van der Waals surface area contributed by atoms with Crippen LogP contribution >= 0.6 is 0 Å². The molecule has 1 aromatic rings. The lowest BCUT2D eigenvalue weighted by atomic mass is 9.72. The molecule has 0 saturated heterocycles. The summed E-state index contributed by atoms with van der Waals surface area (Å²) in [7, 11) is 0. The van der Waals surface area contributed by atoms with E-state index in [-0.39, 0.29) is 17.2 Å². The van der Waals surface area contributed by atoms with Crippen LogP contribution in [0.25, 0.3) is 0 Å². The van der Waals surface area contributed by atoms with E-state index in [0.717, 1.165) is 17.6 Å². The van der Waals surface area contributed by atoms with Crippen LogP contribution in [-0.4, -0.2) is 17.4 Å². The highest BCUT2D eigenvalue weighted by molar-refractivity contribution is 5.93. The van der Waals surface area contributed by atoms with Crippen LogP contribution in [0.4, 0.5) is 0 Å². The van der Waals surface area contributed by atoms with Crippen LogP contribution < -0.4 is 0 Å². The van der Waals surface area contributed by atoms with E-state index in [1.165, 1.54) is 0 Å². The molecule has 1 atom stereocenters. The van der Waals surface area contributed by atoms with Gasteiger partial charge in [-0.05, 0) is 50.7 Å².